The summed E-state index contributed by atoms with van der Waals surface area (Å²) in [5, 5.41) is 4.29. The first-order chi connectivity index (χ1) is 13.2. The Bertz CT molecular complexity index is 633. The Balaban J connectivity index is 1.30. The van der Waals surface area contributed by atoms with Crippen LogP contribution >= 0.6 is 0 Å². The van der Waals surface area contributed by atoms with Gasteiger partial charge in [0.2, 0.25) is 11.8 Å². The van der Waals surface area contributed by atoms with Crippen LogP contribution in [-0.4, -0.2) is 57.1 Å². The second-order valence-electron chi connectivity index (χ2n) is 8.47. The molecule has 1 aromatic heterocycles. The van der Waals surface area contributed by atoms with E-state index in [1.165, 1.54) is 12.8 Å². The minimum atomic E-state index is 0.0979. The number of carbonyl (C=O) groups is 2. The van der Waals surface area contributed by atoms with E-state index in [1.54, 1.807) is 0 Å². The molecule has 148 valence electrons. The minimum Gasteiger partial charge on any atom is -0.342 e. The molecule has 0 spiro atoms. The van der Waals surface area contributed by atoms with Crippen molar-refractivity contribution in [3.63, 3.8) is 0 Å². The van der Waals surface area contributed by atoms with Crippen molar-refractivity contribution in [3.05, 3.63) is 18.5 Å². The topological polar surface area (TPSA) is 58.4 Å². The average molecular weight is 373 g/mol. The van der Waals surface area contributed by atoms with E-state index in [0.717, 1.165) is 71.1 Å². The number of amides is 2. The van der Waals surface area contributed by atoms with Crippen molar-refractivity contribution in [3.8, 4) is 0 Å². The lowest BCUT2D eigenvalue weighted by atomic mass is 9.83. The standard InChI is InChI=1S/C21H32N4O2/c26-20(17-5-3-6-17)23-14-8-18(9-15-23)21(27)25-13-2-1-7-19(25)10-16-24-12-4-11-22-24/h4,11-12,17-19H,1-3,5-10,13-16H2/t19-/m0/s1. The molecule has 1 saturated carbocycles. The molecule has 2 aliphatic heterocycles. The minimum absolute atomic E-state index is 0.0979. The summed E-state index contributed by atoms with van der Waals surface area (Å²) < 4.78 is 1.96. The number of likely N-dealkylation sites (tertiary alicyclic amines) is 2. The van der Waals surface area contributed by atoms with Gasteiger partial charge in [-0.15, -0.1) is 0 Å². The van der Waals surface area contributed by atoms with E-state index in [0.29, 0.717) is 17.9 Å². The quantitative estimate of drug-likeness (QED) is 0.798. The average Bonchev–Trinajstić information content (AvgIpc) is 3.18. The maximum atomic E-state index is 13.2. The molecule has 0 bridgehead atoms. The van der Waals surface area contributed by atoms with Crippen molar-refractivity contribution in [2.75, 3.05) is 19.6 Å². The fourth-order valence-corrected chi connectivity index (χ4v) is 4.80. The maximum absolute atomic E-state index is 13.2. The van der Waals surface area contributed by atoms with Gasteiger partial charge in [-0.05, 0) is 57.4 Å². The third kappa shape index (κ3) is 4.19. The monoisotopic (exact) mass is 372 g/mol. The van der Waals surface area contributed by atoms with E-state index in [2.05, 4.69) is 10.00 Å². The highest BCUT2D eigenvalue weighted by Gasteiger charge is 2.36. The van der Waals surface area contributed by atoms with Gasteiger partial charge in [-0.25, -0.2) is 0 Å². The van der Waals surface area contributed by atoms with Crippen LogP contribution in [0.25, 0.3) is 0 Å². The summed E-state index contributed by atoms with van der Waals surface area (Å²) >= 11 is 0. The number of nitrogens with zero attached hydrogens (tertiary/aromatic N) is 4. The zero-order valence-corrected chi connectivity index (χ0v) is 16.3. The molecule has 0 N–H and O–H groups in total. The van der Waals surface area contributed by atoms with Gasteiger partial charge < -0.3 is 9.80 Å². The van der Waals surface area contributed by atoms with Crippen molar-refractivity contribution in [2.45, 2.75) is 70.4 Å². The van der Waals surface area contributed by atoms with E-state index >= 15 is 0 Å². The molecule has 3 heterocycles. The molecule has 4 rings (SSSR count). The Kier molecular flexibility index (Phi) is 5.79. The number of rotatable bonds is 5. The van der Waals surface area contributed by atoms with Gasteiger partial charge in [0.05, 0.1) is 0 Å². The Morgan fingerprint density at radius 2 is 1.67 bits per heavy atom. The van der Waals surface area contributed by atoms with E-state index in [4.69, 9.17) is 0 Å². The van der Waals surface area contributed by atoms with Crippen LogP contribution in [0.3, 0.4) is 0 Å². The summed E-state index contributed by atoms with van der Waals surface area (Å²) in [5.74, 6) is 1.03. The van der Waals surface area contributed by atoms with Gasteiger partial charge in [0, 0.05) is 56.5 Å². The highest BCUT2D eigenvalue weighted by atomic mass is 16.2. The van der Waals surface area contributed by atoms with Crippen molar-refractivity contribution in [1.82, 2.24) is 19.6 Å². The molecule has 1 aromatic rings. The number of aryl methyl sites for hydroxylation is 1. The Hall–Kier alpha value is -1.85. The van der Waals surface area contributed by atoms with Crippen LogP contribution in [0.5, 0.6) is 0 Å². The van der Waals surface area contributed by atoms with E-state index in [9.17, 15) is 9.59 Å². The van der Waals surface area contributed by atoms with Crippen molar-refractivity contribution in [1.29, 1.82) is 0 Å². The summed E-state index contributed by atoms with van der Waals surface area (Å²) in [5.41, 5.74) is 0. The van der Waals surface area contributed by atoms with Crippen LogP contribution in [0.4, 0.5) is 0 Å². The zero-order valence-electron chi connectivity index (χ0n) is 16.3. The predicted octanol–water partition coefficient (Wildman–Crippen LogP) is 2.69. The molecular weight excluding hydrogens is 340 g/mol. The SMILES string of the molecule is O=C(C1CCC1)N1CCC(C(=O)N2CCCC[C@H]2CCn2cccn2)CC1. The lowest BCUT2D eigenvalue weighted by Crippen LogP contribution is -2.50. The molecule has 3 fully saturated rings. The van der Waals surface area contributed by atoms with Gasteiger partial charge >= 0.3 is 0 Å². The Morgan fingerprint density at radius 3 is 2.33 bits per heavy atom. The molecule has 3 aliphatic rings. The van der Waals surface area contributed by atoms with Crippen LogP contribution < -0.4 is 0 Å². The van der Waals surface area contributed by atoms with Crippen molar-refractivity contribution < 1.29 is 9.59 Å². The normalized spacial score (nSPS) is 24.7. The highest BCUT2D eigenvalue weighted by molar-refractivity contribution is 5.81. The van der Waals surface area contributed by atoms with Gasteiger partial charge in [-0.3, -0.25) is 14.3 Å². The molecule has 2 saturated heterocycles. The largest absolute Gasteiger partial charge is 0.342 e. The molecular formula is C21H32N4O2. The zero-order chi connectivity index (χ0) is 18.6. The van der Waals surface area contributed by atoms with Crippen molar-refractivity contribution in [2.24, 2.45) is 11.8 Å². The fourth-order valence-electron chi connectivity index (χ4n) is 4.80. The molecule has 27 heavy (non-hydrogen) atoms. The molecule has 6 nitrogen and oxygen atoms in total. The van der Waals surface area contributed by atoms with E-state index in [-0.39, 0.29) is 11.8 Å². The second-order valence-corrected chi connectivity index (χ2v) is 8.47. The van der Waals surface area contributed by atoms with Gasteiger partial charge in [0.1, 0.15) is 0 Å². The molecule has 2 amide bonds. The molecule has 1 aliphatic carbocycles. The molecule has 0 radical (unpaired) electrons. The number of hydrogen-bond donors (Lipinski definition) is 0. The van der Waals surface area contributed by atoms with E-state index < -0.39 is 0 Å². The maximum Gasteiger partial charge on any atom is 0.226 e. The summed E-state index contributed by atoms with van der Waals surface area (Å²) in [4.78, 5) is 29.8. The Morgan fingerprint density at radius 1 is 0.889 bits per heavy atom. The van der Waals surface area contributed by atoms with Gasteiger partial charge in [0.25, 0.3) is 0 Å². The Labute approximate surface area is 161 Å². The molecule has 0 unspecified atom stereocenters. The van der Waals surface area contributed by atoms with Crippen LogP contribution in [0, 0.1) is 11.8 Å². The molecule has 0 aromatic carbocycles. The molecule has 6 heteroatoms. The summed E-state index contributed by atoms with van der Waals surface area (Å²) in [7, 11) is 0. The number of carbonyl (C=O) groups excluding carboxylic acids is 2. The van der Waals surface area contributed by atoms with Crippen LogP contribution in [-0.2, 0) is 16.1 Å². The number of aromatic nitrogens is 2. The van der Waals surface area contributed by atoms with Crippen molar-refractivity contribution >= 4 is 11.8 Å². The first-order valence-electron chi connectivity index (χ1n) is 10.8. The first kappa shape index (κ1) is 18.5. The van der Waals surface area contributed by atoms with Crippen LogP contribution in [0.15, 0.2) is 18.5 Å². The lowest BCUT2D eigenvalue weighted by Gasteiger charge is -2.41. The van der Waals surface area contributed by atoms with Gasteiger partial charge in [0.15, 0.2) is 0 Å². The number of piperidine rings is 2. The lowest BCUT2D eigenvalue weighted by molar-refractivity contribution is -0.146. The summed E-state index contributed by atoms with van der Waals surface area (Å²) in [6.07, 6.45) is 13.2. The van der Waals surface area contributed by atoms with Crippen LogP contribution in [0.2, 0.25) is 0 Å². The smallest absolute Gasteiger partial charge is 0.226 e. The predicted molar refractivity (Wildman–Crippen MR) is 103 cm³/mol. The molecule has 1 atom stereocenters. The highest BCUT2D eigenvalue weighted by Crippen LogP contribution is 2.31. The van der Waals surface area contributed by atoms with E-state index in [1.807, 2.05) is 28.0 Å². The van der Waals surface area contributed by atoms with Crippen LogP contribution in [0.1, 0.15) is 57.8 Å². The van der Waals surface area contributed by atoms with Gasteiger partial charge in [-0.1, -0.05) is 6.42 Å². The third-order valence-corrected chi connectivity index (χ3v) is 6.77. The first-order valence-corrected chi connectivity index (χ1v) is 10.8. The summed E-state index contributed by atoms with van der Waals surface area (Å²) in [6, 6.07) is 2.28. The third-order valence-electron chi connectivity index (χ3n) is 6.77. The van der Waals surface area contributed by atoms with Gasteiger partial charge in [-0.2, -0.15) is 5.10 Å². The fraction of sp³-hybridized carbons (Fsp3) is 0.762. The number of hydrogen-bond acceptors (Lipinski definition) is 3. The second kappa shape index (κ2) is 8.44. The summed E-state index contributed by atoms with van der Waals surface area (Å²) in [6.45, 7) is 3.29.